The van der Waals surface area contributed by atoms with Crippen LogP contribution in [0.5, 0.6) is 0 Å². The Hall–Kier alpha value is 0.390. The van der Waals surface area contributed by atoms with Crippen LogP contribution in [0.4, 0.5) is 0 Å². The molecule has 0 aromatic rings. The molecule has 0 N–H and O–H groups in total. The average Bonchev–Trinajstić information content (AvgIpc) is 2.70. The number of hydrogen-bond acceptors (Lipinski definition) is 2. The maximum absolute atomic E-state index is 5.96. The van der Waals surface area contributed by atoms with E-state index < -0.39 is 0 Å². The van der Waals surface area contributed by atoms with E-state index in [4.69, 9.17) is 9.47 Å². The van der Waals surface area contributed by atoms with Gasteiger partial charge in [-0.3, -0.25) is 0 Å². The lowest BCUT2D eigenvalue weighted by molar-refractivity contribution is -0.171. The van der Waals surface area contributed by atoms with Crippen molar-refractivity contribution in [2.75, 3.05) is 13.2 Å². The molecule has 2 nitrogen and oxygen atoms in total. The molecule has 0 amide bonds. The van der Waals surface area contributed by atoms with Crippen molar-refractivity contribution in [3.63, 3.8) is 0 Å². The molecule has 1 unspecified atom stereocenters. The summed E-state index contributed by atoms with van der Waals surface area (Å²) in [5.41, 5.74) is 3.29. The largest absolute Gasteiger partial charge is 0.346 e. The maximum atomic E-state index is 5.96. The molecule has 1 aliphatic heterocycles. The molecule has 1 saturated heterocycles. The van der Waals surface area contributed by atoms with Crippen molar-refractivity contribution in [2.45, 2.75) is 56.7 Å². The highest BCUT2D eigenvalue weighted by atomic mass is 127. The van der Waals surface area contributed by atoms with Gasteiger partial charge in [0.15, 0.2) is 5.79 Å². The zero-order valence-electron chi connectivity index (χ0n) is 11.3. The summed E-state index contributed by atoms with van der Waals surface area (Å²) in [5, 5.41) is 0. The van der Waals surface area contributed by atoms with E-state index in [2.05, 4.69) is 50.3 Å². The Morgan fingerprint density at radius 2 is 1.88 bits per heavy atom. The second kappa shape index (κ2) is 4.82. The monoisotopic (exact) mass is 350 g/mol. The molecule has 0 bridgehead atoms. The van der Waals surface area contributed by atoms with Crippen molar-refractivity contribution in [3.8, 4) is 0 Å². The van der Waals surface area contributed by atoms with Crippen LogP contribution >= 0.6 is 22.6 Å². The molecule has 1 aliphatic carbocycles. The first-order valence-corrected chi connectivity index (χ1v) is 7.79. The molecular weight excluding hydrogens is 327 g/mol. The van der Waals surface area contributed by atoms with Gasteiger partial charge in [-0.2, -0.15) is 0 Å². The highest BCUT2D eigenvalue weighted by Crippen LogP contribution is 2.52. The molecule has 3 heteroatoms. The third kappa shape index (κ3) is 2.30. The van der Waals surface area contributed by atoms with E-state index in [1.54, 1.807) is 5.57 Å². The number of rotatable bonds is 2. The van der Waals surface area contributed by atoms with Gasteiger partial charge in [-0.15, -0.1) is 0 Å². The number of ether oxygens (including phenoxy) is 2. The SMILES string of the molecule is CCCC1=C(C)C(I)C2(CC1(C)C)OCCO2. The molecule has 2 rings (SSSR count). The smallest absolute Gasteiger partial charge is 0.184 e. The summed E-state index contributed by atoms with van der Waals surface area (Å²) in [6.07, 6.45) is 3.41. The first-order chi connectivity index (χ1) is 7.93. The van der Waals surface area contributed by atoms with Gasteiger partial charge in [-0.25, -0.2) is 0 Å². The molecule has 98 valence electrons. The topological polar surface area (TPSA) is 18.5 Å². The van der Waals surface area contributed by atoms with Crippen molar-refractivity contribution in [1.29, 1.82) is 0 Å². The molecule has 0 saturated carbocycles. The Balaban J connectivity index is 2.38. The van der Waals surface area contributed by atoms with Crippen LogP contribution in [0.15, 0.2) is 11.1 Å². The van der Waals surface area contributed by atoms with Crippen LogP contribution in [0.2, 0.25) is 0 Å². The molecular formula is C14H23IO2. The Bertz CT molecular complexity index is 327. The summed E-state index contributed by atoms with van der Waals surface area (Å²) in [7, 11) is 0. The van der Waals surface area contributed by atoms with Crippen molar-refractivity contribution in [1.82, 2.24) is 0 Å². The first kappa shape index (κ1) is 13.8. The molecule has 0 aromatic carbocycles. The summed E-state index contributed by atoms with van der Waals surface area (Å²) in [6.45, 7) is 10.7. The standard InChI is InChI=1S/C14H23IO2/c1-5-6-11-10(2)12(15)14(9-13(11,3)4)16-7-8-17-14/h12H,5-9H2,1-4H3. The minimum absolute atomic E-state index is 0.201. The van der Waals surface area contributed by atoms with E-state index in [-0.39, 0.29) is 11.2 Å². The molecule has 2 aliphatic rings. The van der Waals surface area contributed by atoms with Crippen LogP contribution < -0.4 is 0 Å². The Morgan fingerprint density at radius 3 is 2.41 bits per heavy atom. The van der Waals surface area contributed by atoms with Crippen LogP contribution in [0, 0.1) is 5.41 Å². The van der Waals surface area contributed by atoms with E-state index in [0.717, 1.165) is 19.6 Å². The second-order valence-electron chi connectivity index (χ2n) is 5.84. The average molecular weight is 350 g/mol. The predicted octanol–water partition coefficient (Wildman–Crippen LogP) is 4.08. The lowest BCUT2D eigenvalue weighted by Gasteiger charge is -2.46. The summed E-state index contributed by atoms with van der Waals surface area (Å²) >= 11 is 2.50. The van der Waals surface area contributed by atoms with E-state index in [9.17, 15) is 0 Å². The zero-order valence-corrected chi connectivity index (χ0v) is 13.5. The number of allylic oxidation sites excluding steroid dienone is 1. The van der Waals surface area contributed by atoms with Crippen molar-refractivity contribution < 1.29 is 9.47 Å². The van der Waals surface area contributed by atoms with Crippen molar-refractivity contribution >= 4 is 22.6 Å². The van der Waals surface area contributed by atoms with Gasteiger partial charge in [0.05, 0.1) is 17.1 Å². The molecule has 1 fully saturated rings. The van der Waals surface area contributed by atoms with Gasteiger partial charge in [-0.1, -0.05) is 60.9 Å². The van der Waals surface area contributed by atoms with Crippen LogP contribution in [0.3, 0.4) is 0 Å². The molecule has 17 heavy (non-hydrogen) atoms. The van der Waals surface area contributed by atoms with E-state index in [1.807, 2.05) is 0 Å². The van der Waals surface area contributed by atoms with Crippen LogP contribution in [-0.4, -0.2) is 22.9 Å². The third-order valence-corrected chi connectivity index (χ3v) is 5.91. The highest BCUT2D eigenvalue weighted by molar-refractivity contribution is 14.1. The zero-order chi connectivity index (χ0) is 12.7. The normalized spacial score (nSPS) is 31.2. The van der Waals surface area contributed by atoms with Gasteiger partial charge in [0, 0.05) is 6.42 Å². The number of hydrogen-bond donors (Lipinski definition) is 0. The van der Waals surface area contributed by atoms with E-state index in [1.165, 1.54) is 18.4 Å². The fraction of sp³-hybridized carbons (Fsp3) is 0.857. The molecule has 1 atom stereocenters. The first-order valence-electron chi connectivity index (χ1n) is 6.55. The molecule has 1 spiro atoms. The molecule has 0 aromatic heterocycles. The second-order valence-corrected chi connectivity index (χ2v) is 7.09. The minimum atomic E-state index is -0.356. The van der Waals surface area contributed by atoms with Gasteiger partial charge in [0.2, 0.25) is 0 Å². The minimum Gasteiger partial charge on any atom is -0.346 e. The lowest BCUT2D eigenvalue weighted by atomic mass is 9.69. The quantitative estimate of drug-likeness (QED) is 0.425. The van der Waals surface area contributed by atoms with E-state index in [0.29, 0.717) is 3.92 Å². The summed E-state index contributed by atoms with van der Waals surface area (Å²) in [5.74, 6) is -0.356. The van der Waals surface area contributed by atoms with Crippen molar-refractivity contribution in [3.05, 3.63) is 11.1 Å². The lowest BCUT2D eigenvalue weighted by Crippen LogP contribution is -2.49. The van der Waals surface area contributed by atoms with Gasteiger partial charge < -0.3 is 9.47 Å². The molecule has 1 heterocycles. The maximum Gasteiger partial charge on any atom is 0.184 e. The van der Waals surface area contributed by atoms with Crippen LogP contribution in [-0.2, 0) is 9.47 Å². The highest BCUT2D eigenvalue weighted by Gasteiger charge is 2.52. The fourth-order valence-electron chi connectivity index (χ4n) is 3.33. The molecule has 0 radical (unpaired) electrons. The van der Waals surface area contributed by atoms with Crippen molar-refractivity contribution in [2.24, 2.45) is 5.41 Å². The Labute approximate surface area is 118 Å². The Morgan fingerprint density at radius 1 is 1.29 bits per heavy atom. The van der Waals surface area contributed by atoms with Crippen LogP contribution in [0.1, 0.15) is 47.0 Å². The van der Waals surface area contributed by atoms with Crippen LogP contribution in [0.25, 0.3) is 0 Å². The Kier molecular flexibility index (Phi) is 3.91. The van der Waals surface area contributed by atoms with Gasteiger partial charge in [0.1, 0.15) is 0 Å². The van der Waals surface area contributed by atoms with Gasteiger partial charge >= 0.3 is 0 Å². The summed E-state index contributed by atoms with van der Waals surface area (Å²) < 4.78 is 12.3. The summed E-state index contributed by atoms with van der Waals surface area (Å²) in [6, 6.07) is 0. The van der Waals surface area contributed by atoms with Gasteiger partial charge in [-0.05, 0) is 18.8 Å². The number of alkyl halides is 1. The van der Waals surface area contributed by atoms with Gasteiger partial charge in [0.25, 0.3) is 0 Å². The van der Waals surface area contributed by atoms with E-state index >= 15 is 0 Å². The third-order valence-electron chi connectivity index (χ3n) is 4.02. The summed E-state index contributed by atoms with van der Waals surface area (Å²) in [4.78, 5) is 0. The fourth-order valence-corrected chi connectivity index (χ4v) is 4.29. The number of halogens is 1. The predicted molar refractivity (Wildman–Crippen MR) is 78.4 cm³/mol.